The van der Waals surface area contributed by atoms with Crippen LogP contribution in [-0.2, 0) is 4.74 Å². The second-order valence-electron chi connectivity index (χ2n) is 5.75. The molecular formula is C17H21N3O3. The first-order valence-electron chi connectivity index (χ1n) is 7.34. The Hall–Kier alpha value is -2.63. The molecular weight excluding hydrogens is 294 g/mol. The number of esters is 1. The summed E-state index contributed by atoms with van der Waals surface area (Å²) in [5.41, 5.74) is 1.13. The van der Waals surface area contributed by atoms with Gasteiger partial charge in [0.05, 0.1) is 29.3 Å². The first kappa shape index (κ1) is 16.7. The molecule has 0 aromatic carbocycles. The Bertz CT molecular complexity index is 820. The number of carbonyl (C=O) groups excluding carboxylic acids is 1. The third-order valence-corrected chi connectivity index (χ3v) is 3.43. The number of fused-ring (bicyclic) bond motifs is 1. The summed E-state index contributed by atoms with van der Waals surface area (Å²) in [7, 11) is 5.05. The molecule has 23 heavy (non-hydrogen) atoms. The summed E-state index contributed by atoms with van der Waals surface area (Å²) in [6.45, 7) is 3.85. The minimum Gasteiger partial charge on any atom is -0.465 e. The van der Waals surface area contributed by atoms with E-state index in [-0.39, 0.29) is 17.2 Å². The zero-order chi connectivity index (χ0) is 17.1. The maximum atomic E-state index is 12.6. The fraction of sp³-hybridized carbons (Fsp3) is 0.353. The first-order chi connectivity index (χ1) is 10.8. The number of ether oxygens (including phenoxy) is 1. The molecule has 0 saturated carbocycles. The normalized spacial score (nSPS) is 11.4. The number of hydrogen-bond donors (Lipinski definition) is 0. The van der Waals surface area contributed by atoms with Crippen LogP contribution in [-0.4, -0.2) is 41.6 Å². The Balaban J connectivity index is 2.75. The summed E-state index contributed by atoms with van der Waals surface area (Å²) in [4.78, 5) is 30.9. The minimum absolute atomic E-state index is 0.0294. The van der Waals surface area contributed by atoms with Crippen LogP contribution in [0.4, 0.5) is 0 Å². The molecule has 2 aromatic heterocycles. The van der Waals surface area contributed by atoms with Crippen molar-refractivity contribution in [1.29, 1.82) is 0 Å². The van der Waals surface area contributed by atoms with Crippen LogP contribution in [0.1, 0.15) is 35.9 Å². The Morgan fingerprint density at radius 1 is 1.39 bits per heavy atom. The molecule has 6 nitrogen and oxygen atoms in total. The predicted octanol–water partition coefficient (Wildman–Crippen LogP) is 2.30. The lowest BCUT2D eigenvalue weighted by molar-refractivity contribution is 0.0600. The van der Waals surface area contributed by atoms with E-state index in [0.29, 0.717) is 16.6 Å². The maximum Gasteiger partial charge on any atom is 0.340 e. The van der Waals surface area contributed by atoms with Gasteiger partial charge in [-0.25, -0.2) is 9.78 Å². The summed E-state index contributed by atoms with van der Waals surface area (Å²) < 4.78 is 6.43. The van der Waals surface area contributed by atoms with Gasteiger partial charge in [-0.05, 0) is 32.1 Å². The number of aromatic nitrogens is 2. The van der Waals surface area contributed by atoms with E-state index >= 15 is 0 Å². The average molecular weight is 315 g/mol. The Morgan fingerprint density at radius 2 is 2.09 bits per heavy atom. The van der Waals surface area contributed by atoms with Gasteiger partial charge < -0.3 is 14.2 Å². The van der Waals surface area contributed by atoms with Gasteiger partial charge in [-0.15, -0.1) is 0 Å². The van der Waals surface area contributed by atoms with Gasteiger partial charge in [0.1, 0.15) is 0 Å². The molecule has 0 atom stereocenters. The molecule has 0 N–H and O–H groups in total. The van der Waals surface area contributed by atoms with Gasteiger partial charge in [0.15, 0.2) is 0 Å². The van der Waals surface area contributed by atoms with Crippen molar-refractivity contribution in [2.75, 3.05) is 21.2 Å². The van der Waals surface area contributed by atoms with Crippen molar-refractivity contribution >= 4 is 22.9 Å². The van der Waals surface area contributed by atoms with E-state index in [9.17, 15) is 9.59 Å². The van der Waals surface area contributed by atoms with Crippen LogP contribution in [0.15, 0.2) is 29.3 Å². The van der Waals surface area contributed by atoms with Crippen molar-refractivity contribution in [3.8, 4) is 0 Å². The Labute approximate surface area is 135 Å². The third kappa shape index (κ3) is 3.41. The molecule has 2 aromatic rings. The SMILES string of the molecule is COC(=O)c1cc2c(=O)n(C(C)C)ccc2nc1/C=C/N(C)C. The third-order valence-electron chi connectivity index (χ3n) is 3.43. The highest BCUT2D eigenvalue weighted by Gasteiger charge is 2.16. The molecule has 2 heterocycles. The highest BCUT2D eigenvalue weighted by atomic mass is 16.5. The van der Waals surface area contributed by atoms with Gasteiger partial charge in [0, 0.05) is 32.5 Å². The molecule has 0 aliphatic rings. The van der Waals surface area contributed by atoms with E-state index in [1.807, 2.05) is 32.8 Å². The molecule has 0 amide bonds. The van der Waals surface area contributed by atoms with Gasteiger partial charge in [-0.1, -0.05) is 0 Å². The van der Waals surface area contributed by atoms with Gasteiger partial charge in [-0.3, -0.25) is 4.79 Å². The summed E-state index contributed by atoms with van der Waals surface area (Å²) in [6.07, 6.45) is 5.23. The van der Waals surface area contributed by atoms with Crippen LogP contribution >= 0.6 is 0 Å². The van der Waals surface area contributed by atoms with Crippen molar-refractivity contribution in [2.24, 2.45) is 0 Å². The summed E-state index contributed by atoms with van der Waals surface area (Å²) >= 11 is 0. The number of hydrogen-bond acceptors (Lipinski definition) is 5. The molecule has 122 valence electrons. The molecule has 0 spiro atoms. The number of nitrogens with zero attached hydrogens (tertiary/aromatic N) is 3. The van der Waals surface area contributed by atoms with E-state index in [1.54, 1.807) is 35.2 Å². The minimum atomic E-state index is -0.517. The Kier molecular flexibility index (Phi) is 4.83. The standard InChI is InChI=1S/C17H21N3O3/c1-11(2)20-9-7-14-12(16(20)21)10-13(17(22)23-5)15(18-14)6-8-19(3)4/h6-11H,1-5H3/b8-6+. The van der Waals surface area contributed by atoms with Crippen LogP contribution in [0.25, 0.3) is 17.0 Å². The number of carbonyl (C=O) groups is 1. The second-order valence-corrected chi connectivity index (χ2v) is 5.75. The summed E-state index contributed by atoms with van der Waals surface area (Å²) in [5.74, 6) is -0.517. The fourth-order valence-electron chi connectivity index (χ4n) is 2.23. The molecule has 0 unspecified atom stereocenters. The zero-order valence-electron chi connectivity index (χ0n) is 14.0. The smallest absolute Gasteiger partial charge is 0.340 e. The zero-order valence-corrected chi connectivity index (χ0v) is 14.0. The largest absolute Gasteiger partial charge is 0.465 e. The van der Waals surface area contributed by atoms with E-state index in [0.717, 1.165) is 0 Å². The predicted molar refractivity (Wildman–Crippen MR) is 90.4 cm³/mol. The lowest BCUT2D eigenvalue weighted by Gasteiger charge is -2.12. The maximum absolute atomic E-state index is 12.6. The highest BCUT2D eigenvalue weighted by Crippen LogP contribution is 2.17. The number of rotatable bonds is 4. The molecule has 2 rings (SSSR count). The monoisotopic (exact) mass is 315 g/mol. The second kappa shape index (κ2) is 6.64. The van der Waals surface area contributed by atoms with E-state index in [2.05, 4.69) is 4.98 Å². The highest BCUT2D eigenvalue weighted by molar-refractivity contribution is 5.97. The molecule has 6 heteroatoms. The van der Waals surface area contributed by atoms with Crippen molar-refractivity contribution in [1.82, 2.24) is 14.5 Å². The van der Waals surface area contributed by atoms with E-state index in [4.69, 9.17) is 4.74 Å². The summed E-state index contributed by atoms with van der Waals surface area (Å²) in [6, 6.07) is 3.37. The Morgan fingerprint density at radius 3 is 2.65 bits per heavy atom. The van der Waals surface area contributed by atoms with E-state index < -0.39 is 5.97 Å². The first-order valence-corrected chi connectivity index (χ1v) is 7.34. The molecule has 0 aliphatic heterocycles. The van der Waals surface area contributed by atoms with Crippen molar-refractivity contribution in [3.05, 3.63) is 46.1 Å². The lowest BCUT2D eigenvalue weighted by atomic mass is 10.1. The van der Waals surface area contributed by atoms with E-state index in [1.165, 1.54) is 7.11 Å². The van der Waals surface area contributed by atoms with Crippen molar-refractivity contribution < 1.29 is 9.53 Å². The molecule has 0 fully saturated rings. The van der Waals surface area contributed by atoms with Gasteiger partial charge >= 0.3 is 5.97 Å². The molecule has 0 bridgehead atoms. The van der Waals surface area contributed by atoms with Gasteiger partial charge in [0.2, 0.25) is 0 Å². The van der Waals surface area contributed by atoms with Crippen LogP contribution in [0, 0.1) is 0 Å². The molecule has 0 radical (unpaired) electrons. The quantitative estimate of drug-likeness (QED) is 0.810. The number of methoxy groups -OCH3 is 1. The van der Waals surface area contributed by atoms with Crippen LogP contribution in [0.5, 0.6) is 0 Å². The number of pyridine rings is 2. The summed E-state index contributed by atoms with van der Waals surface area (Å²) in [5, 5.41) is 0.406. The van der Waals surface area contributed by atoms with Gasteiger partial charge in [-0.2, -0.15) is 0 Å². The van der Waals surface area contributed by atoms with Crippen molar-refractivity contribution in [3.63, 3.8) is 0 Å². The lowest BCUT2D eigenvalue weighted by Crippen LogP contribution is -2.22. The van der Waals surface area contributed by atoms with Crippen molar-refractivity contribution in [2.45, 2.75) is 19.9 Å². The average Bonchev–Trinajstić information content (AvgIpc) is 2.51. The van der Waals surface area contributed by atoms with Crippen LogP contribution in [0.2, 0.25) is 0 Å². The molecule has 0 saturated heterocycles. The van der Waals surface area contributed by atoms with Gasteiger partial charge in [0.25, 0.3) is 5.56 Å². The van der Waals surface area contributed by atoms with Crippen LogP contribution < -0.4 is 5.56 Å². The fourth-order valence-corrected chi connectivity index (χ4v) is 2.23. The topological polar surface area (TPSA) is 64.4 Å². The molecule has 0 aliphatic carbocycles. The van der Waals surface area contributed by atoms with Crippen LogP contribution in [0.3, 0.4) is 0 Å².